The zero-order valence-corrected chi connectivity index (χ0v) is 11.1. The summed E-state index contributed by atoms with van der Waals surface area (Å²) in [5, 5.41) is 20.7. The van der Waals surface area contributed by atoms with Crippen molar-refractivity contribution in [2.45, 2.75) is 13.0 Å². The topological polar surface area (TPSA) is 69.6 Å². The summed E-state index contributed by atoms with van der Waals surface area (Å²) in [5.41, 5.74) is 1.31. The van der Waals surface area contributed by atoms with Crippen LogP contribution in [0.15, 0.2) is 24.3 Å². The second kappa shape index (κ2) is 8.97. The smallest absolute Gasteiger partial charge is 0.335 e. The Bertz CT molecular complexity index is 371. The van der Waals surface area contributed by atoms with Gasteiger partial charge in [0.1, 0.15) is 0 Å². The lowest BCUT2D eigenvalue weighted by Gasteiger charge is -2.05. The second-order valence-electron chi connectivity index (χ2n) is 3.87. The van der Waals surface area contributed by atoms with Crippen LogP contribution in [0.5, 0.6) is 0 Å². The number of thioether (sulfide) groups is 1. The highest BCUT2D eigenvalue weighted by atomic mass is 32.2. The molecule has 18 heavy (non-hydrogen) atoms. The summed E-state index contributed by atoms with van der Waals surface area (Å²) in [5.74, 6) is 1.09. The summed E-state index contributed by atoms with van der Waals surface area (Å²) in [4.78, 5) is 10.8. The minimum atomic E-state index is -0.892. The fourth-order valence-electron chi connectivity index (χ4n) is 1.46. The van der Waals surface area contributed by atoms with Gasteiger partial charge in [-0.2, -0.15) is 11.8 Å². The molecule has 0 saturated heterocycles. The maximum Gasteiger partial charge on any atom is 0.335 e. The summed E-state index contributed by atoms with van der Waals surface area (Å²) < 4.78 is 0. The SMILES string of the molecule is O=C(O)c1cccc(CNCCSCCCO)c1. The van der Waals surface area contributed by atoms with Gasteiger partial charge in [-0.3, -0.25) is 0 Å². The first-order valence-corrected chi connectivity index (χ1v) is 7.11. The Hall–Kier alpha value is -1.04. The summed E-state index contributed by atoms with van der Waals surface area (Å²) >= 11 is 1.80. The Morgan fingerprint density at radius 2 is 2.17 bits per heavy atom. The molecule has 100 valence electrons. The third-order valence-electron chi connectivity index (χ3n) is 2.37. The van der Waals surface area contributed by atoms with E-state index in [-0.39, 0.29) is 6.61 Å². The number of carboxylic acids is 1. The van der Waals surface area contributed by atoms with Crippen molar-refractivity contribution in [3.05, 3.63) is 35.4 Å². The number of aromatic carboxylic acids is 1. The van der Waals surface area contributed by atoms with Crippen LogP contribution in [0.3, 0.4) is 0 Å². The fraction of sp³-hybridized carbons (Fsp3) is 0.462. The molecule has 0 atom stereocenters. The quantitative estimate of drug-likeness (QED) is 0.594. The van der Waals surface area contributed by atoms with Crippen LogP contribution in [0.1, 0.15) is 22.3 Å². The number of aliphatic hydroxyl groups is 1. The molecule has 0 spiro atoms. The van der Waals surface area contributed by atoms with Crippen molar-refractivity contribution in [1.29, 1.82) is 0 Å². The predicted molar refractivity (Wildman–Crippen MR) is 74.1 cm³/mol. The Balaban J connectivity index is 2.19. The number of aliphatic hydroxyl groups excluding tert-OH is 1. The van der Waals surface area contributed by atoms with Crippen LogP contribution in [0.2, 0.25) is 0 Å². The Morgan fingerprint density at radius 1 is 1.33 bits per heavy atom. The molecule has 0 fully saturated rings. The third kappa shape index (κ3) is 6.05. The molecule has 1 rings (SSSR count). The first-order valence-electron chi connectivity index (χ1n) is 5.95. The second-order valence-corrected chi connectivity index (χ2v) is 5.10. The van der Waals surface area contributed by atoms with E-state index in [1.807, 2.05) is 6.07 Å². The first kappa shape index (κ1) is 15.0. The van der Waals surface area contributed by atoms with Gasteiger partial charge in [-0.15, -0.1) is 0 Å². The Morgan fingerprint density at radius 3 is 2.89 bits per heavy atom. The maximum atomic E-state index is 10.8. The van der Waals surface area contributed by atoms with E-state index in [0.717, 1.165) is 30.0 Å². The van der Waals surface area contributed by atoms with Crippen molar-refractivity contribution in [3.8, 4) is 0 Å². The molecule has 1 aromatic carbocycles. The van der Waals surface area contributed by atoms with E-state index in [0.29, 0.717) is 12.1 Å². The zero-order chi connectivity index (χ0) is 13.2. The summed E-state index contributed by atoms with van der Waals surface area (Å²) in [6.07, 6.45) is 0.839. The van der Waals surface area contributed by atoms with Gasteiger partial charge in [-0.05, 0) is 29.9 Å². The number of nitrogens with one attached hydrogen (secondary N) is 1. The Kier molecular flexibility index (Phi) is 7.48. The van der Waals surface area contributed by atoms with Gasteiger partial charge in [-0.1, -0.05) is 12.1 Å². The van der Waals surface area contributed by atoms with Crippen molar-refractivity contribution in [3.63, 3.8) is 0 Å². The monoisotopic (exact) mass is 269 g/mol. The van der Waals surface area contributed by atoms with Crippen LogP contribution in [0, 0.1) is 0 Å². The van der Waals surface area contributed by atoms with E-state index in [2.05, 4.69) is 5.32 Å². The van der Waals surface area contributed by atoms with Crippen molar-refractivity contribution in [2.24, 2.45) is 0 Å². The minimum absolute atomic E-state index is 0.252. The summed E-state index contributed by atoms with van der Waals surface area (Å²) in [7, 11) is 0. The average molecular weight is 269 g/mol. The molecule has 0 unspecified atom stereocenters. The van der Waals surface area contributed by atoms with E-state index >= 15 is 0 Å². The highest BCUT2D eigenvalue weighted by Gasteiger charge is 2.02. The molecular formula is C13H19NO3S. The zero-order valence-electron chi connectivity index (χ0n) is 10.3. The highest BCUT2D eigenvalue weighted by molar-refractivity contribution is 7.99. The normalized spacial score (nSPS) is 10.5. The molecule has 0 bridgehead atoms. The standard InChI is InChI=1S/C13H19NO3S/c15-6-2-7-18-8-5-14-10-11-3-1-4-12(9-11)13(16)17/h1,3-4,9,14-15H,2,5-8,10H2,(H,16,17). The predicted octanol–water partition coefficient (Wildman–Crippen LogP) is 1.59. The van der Waals surface area contributed by atoms with E-state index in [1.165, 1.54) is 0 Å². The van der Waals surface area contributed by atoms with Gasteiger partial charge in [0.2, 0.25) is 0 Å². The molecule has 3 N–H and O–H groups in total. The van der Waals surface area contributed by atoms with Gasteiger partial charge in [0, 0.05) is 25.4 Å². The van der Waals surface area contributed by atoms with E-state index in [9.17, 15) is 4.79 Å². The molecule has 4 nitrogen and oxygen atoms in total. The molecule has 5 heteroatoms. The van der Waals surface area contributed by atoms with E-state index in [4.69, 9.17) is 10.2 Å². The number of hydrogen-bond donors (Lipinski definition) is 3. The number of carboxylic acid groups (broad SMARTS) is 1. The van der Waals surface area contributed by atoms with Gasteiger partial charge in [0.15, 0.2) is 0 Å². The van der Waals surface area contributed by atoms with Crippen LogP contribution in [0.25, 0.3) is 0 Å². The van der Waals surface area contributed by atoms with Crippen LogP contribution in [0.4, 0.5) is 0 Å². The molecule has 0 aliphatic heterocycles. The lowest BCUT2D eigenvalue weighted by atomic mass is 10.1. The molecule has 0 aromatic heterocycles. The highest BCUT2D eigenvalue weighted by Crippen LogP contribution is 2.05. The summed E-state index contributed by atoms with van der Waals surface area (Å²) in [6, 6.07) is 6.96. The lowest BCUT2D eigenvalue weighted by molar-refractivity contribution is 0.0696. The van der Waals surface area contributed by atoms with Gasteiger partial charge < -0.3 is 15.5 Å². The summed E-state index contributed by atoms with van der Waals surface area (Å²) in [6.45, 7) is 1.82. The maximum absolute atomic E-state index is 10.8. The largest absolute Gasteiger partial charge is 0.478 e. The number of benzene rings is 1. The molecular weight excluding hydrogens is 250 g/mol. The van der Waals surface area contributed by atoms with Crippen LogP contribution in [-0.2, 0) is 6.54 Å². The van der Waals surface area contributed by atoms with Crippen molar-refractivity contribution in [1.82, 2.24) is 5.32 Å². The van der Waals surface area contributed by atoms with E-state index in [1.54, 1.807) is 30.0 Å². The molecule has 0 aliphatic carbocycles. The molecule has 0 radical (unpaired) electrons. The van der Waals surface area contributed by atoms with Crippen LogP contribution < -0.4 is 5.32 Å². The van der Waals surface area contributed by atoms with Crippen molar-refractivity contribution in [2.75, 3.05) is 24.7 Å². The van der Waals surface area contributed by atoms with Crippen LogP contribution >= 0.6 is 11.8 Å². The molecule has 0 saturated carbocycles. The average Bonchev–Trinajstić information content (AvgIpc) is 2.38. The minimum Gasteiger partial charge on any atom is -0.478 e. The fourth-order valence-corrected chi connectivity index (χ4v) is 2.29. The lowest BCUT2D eigenvalue weighted by Crippen LogP contribution is -2.17. The third-order valence-corrected chi connectivity index (χ3v) is 3.44. The number of carbonyl (C=O) groups is 1. The van der Waals surface area contributed by atoms with Gasteiger partial charge >= 0.3 is 5.97 Å². The Labute approximate surface area is 111 Å². The molecule has 0 heterocycles. The van der Waals surface area contributed by atoms with E-state index < -0.39 is 5.97 Å². The van der Waals surface area contributed by atoms with Crippen molar-refractivity contribution < 1.29 is 15.0 Å². The van der Waals surface area contributed by atoms with Gasteiger partial charge in [0.05, 0.1) is 5.56 Å². The molecule has 0 aliphatic rings. The molecule has 1 aromatic rings. The molecule has 0 amide bonds. The van der Waals surface area contributed by atoms with Gasteiger partial charge in [0.25, 0.3) is 0 Å². The van der Waals surface area contributed by atoms with Crippen LogP contribution in [-0.4, -0.2) is 40.8 Å². The number of rotatable bonds is 9. The first-order chi connectivity index (χ1) is 8.74. The van der Waals surface area contributed by atoms with Crippen molar-refractivity contribution >= 4 is 17.7 Å². The van der Waals surface area contributed by atoms with Gasteiger partial charge in [-0.25, -0.2) is 4.79 Å². The number of hydrogen-bond acceptors (Lipinski definition) is 4.